The second-order valence-electron chi connectivity index (χ2n) is 5.06. The van der Waals surface area contributed by atoms with E-state index in [4.69, 9.17) is 21.1 Å². The van der Waals surface area contributed by atoms with E-state index in [2.05, 4.69) is 17.4 Å². The Bertz CT molecular complexity index is 657. The number of hydrogen-bond donors (Lipinski definition) is 1. The van der Waals surface area contributed by atoms with E-state index >= 15 is 0 Å². The summed E-state index contributed by atoms with van der Waals surface area (Å²) in [7, 11) is 3.32. The summed E-state index contributed by atoms with van der Waals surface area (Å²) in [5.74, 6) is 1.52. The van der Waals surface area contributed by atoms with Crippen molar-refractivity contribution >= 4 is 11.6 Å². The van der Waals surface area contributed by atoms with Crippen molar-refractivity contribution in [1.29, 1.82) is 0 Å². The number of hydrogen-bond acceptors (Lipinski definition) is 3. The van der Waals surface area contributed by atoms with Crippen molar-refractivity contribution in [2.75, 3.05) is 20.8 Å². The molecule has 3 rings (SSSR count). The van der Waals surface area contributed by atoms with E-state index < -0.39 is 0 Å². The van der Waals surface area contributed by atoms with Gasteiger partial charge in [-0.05, 0) is 41.3 Å². The Hall–Kier alpha value is -1.71. The van der Waals surface area contributed by atoms with Gasteiger partial charge in [-0.15, -0.1) is 0 Å². The van der Waals surface area contributed by atoms with E-state index in [1.807, 2.05) is 24.3 Å². The van der Waals surface area contributed by atoms with Gasteiger partial charge in [0.15, 0.2) is 11.5 Å². The first-order valence-electron chi connectivity index (χ1n) is 6.97. The van der Waals surface area contributed by atoms with Gasteiger partial charge < -0.3 is 14.8 Å². The van der Waals surface area contributed by atoms with Crippen LogP contribution in [0.3, 0.4) is 0 Å². The van der Waals surface area contributed by atoms with Gasteiger partial charge in [-0.1, -0.05) is 29.8 Å². The Morgan fingerprint density at radius 3 is 2.48 bits per heavy atom. The van der Waals surface area contributed by atoms with Crippen LogP contribution in [-0.2, 0) is 6.42 Å². The van der Waals surface area contributed by atoms with E-state index in [9.17, 15) is 0 Å². The first kappa shape index (κ1) is 14.2. The van der Waals surface area contributed by atoms with Crippen molar-refractivity contribution in [3.63, 3.8) is 0 Å². The molecule has 0 unspecified atom stereocenters. The summed E-state index contributed by atoms with van der Waals surface area (Å²) < 4.78 is 10.8. The normalized spacial score (nSPS) is 17.2. The molecule has 21 heavy (non-hydrogen) atoms. The summed E-state index contributed by atoms with van der Waals surface area (Å²) in [5.41, 5.74) is 3.57. The minimum Gasteiger partial charge on any atom is -0.493 e. The Balaban J connectivity index is 2.11. The van der Waals surface area contributed by atoms with Crippen LogP contribution < -0.4 is 14.8 Å². The topological polar surface area (TPSA) is 30.5 Å². The quantitative estimate of drug-likeness (QED) is 0.940. The molecule has 1 heterocycles. The van der Waals surface area contributed by atoms with Crippen LogP contribution >= 0.6 is 11.6 Å². The predicted molar refractivity (Wildman–Crippen MR) is 84.5 cm³/mol. The maximum absolute atomic E-state index is 6.36. The smallest absolute Gasteiger partial charge is 0.161 e. The molecule has 1 aliphatic heterocycles. The highest BCUT2D eigenvalue weighted by Crippen LogP contribution is 2.38. The van der Waals surface area contributed by atoms with Gasteiger partial charge in [0.05, 0.1) is 20.3 Å². The SMILES string of the molecule is COc1cc2c(cc1OC)[C@H](c1ccccc1Cl)NCC2. The third-order valence-electron chi connectivity index (χ3n) is 3.92. The molecule has 0 fully saturated rings. The molecule has 1 atom stereocenters. The Morgan fingerprint density at radius 1 is 1.05 bits per heavy atom. The molecule has 2 aromatic carbocycles. The highest BCUT2D eigenvalue weighted by molar-refractivity contribution is 6.31. The van der Waals surface area contributed by atoms with Crippen molar-refractivity contribution in [2.45, 2.75) is 12.5 Å². The zero-order valence-electron chi connectivity index (χ0n) is 12.2. The summed E-state index contributed by atoms with van der Waals surface area (Å²) in [4.78, 5) is 0. The van der Waals surface area contributed by atoms with E-state index in [1.54, 1.807) is 14.2 Å². The Morgan fingerprint density at radius 2 is 1.76 bits per heavy atom. The molecule has 0 spiro atoms. The Kier molecular flexibility index (Phi) is 4.04. The largest absolute Gasteiger partial charge is 0.493 e. The molecule has 0 bridgehead atoms. The summed E-state index contributed by atoms with van der Waals surface area (Å²) in [5, 5.41) is 4.32. The molecule has 0 aliphatic carbocycles. The number of methoxy groups -OCH3 is 2. The lowest BCUT2D eigenvalue weighted by Gasteiger charge is -2.29. The minimum absolute atomic E-state index is 0.0854. The van der Waals surface area contributed by atoms with Gasteiger partial charge in [-0.3, -0.25) is 0 Å². The van der Waals surface area contributed by atoms with Crippen LogP contribution in [0.25, 0.3) is 0 Å². The third-order valence-corrected chi connectivity index (χ3v) is 4.26. The van der Waals surface area contributed by atoms with Gasteiger partial charge in [0.25, 0.3) is 0 Å². The average Bonchev–Trinajstić information content (AvgIpc) is 2.53. The first-order valence-corrected chi connectivity index (χ1v) is 7.35. The lowest BCUT2D eigenvalue weighted by Crippen LogP contribution is -2.30. The van der Waals surface area contributed by atoms with Crippen LogP contribution in [0.4, 0.5) is 0 Å². The van der Waals surface area contributed by atoms with E-state index in [0.29, 0.717) is 0 Å². The van der Waals surface area contributed by atoms with Crippen LogP contribution in [0.2, 0.25) is 5.02 Å². The molecule has 110 valence electrons. The zero-order valence-corrected chi connectivity index (χ0v) is 12.9. The monoisotopic (exact) mass is 303 g/mol. The van der Waals surface area contributed by atoms with Crippen LogP contribution in [0.15, 0.2) is 36.4 Å². The molecule has 0 aromatic heterocycles. The Labute approximate surface area is 129 Å². The number of benzene rings is 2. The van der Waals surface area contributed by atoms with Crippen molar-refractivity contribution in [1.82, 2.24) is 5.32 Å². The zero-order chi connectivity index (χ0) is 14.8. The number of fused-ring (bicyclic) bond motifs is 1. The van der Waals surface area contributed by atoms with Gasteiger partial charge in [0.1, 0.15) is 0 Å². The fourth-order valence-electron chi connectivity index (χ4n) is 2.87. The number of halogens is 1. The lowest BCUT2D eigenvalue weighted by atomic mass is 9.89. The molecule has 0 amide bonds. The van der Waals surface area contributed by atoms with Gasteiger partial charge in [0.2, 0.25) is 0 Å². The standard InChI is InChI=1S/C17H18ClNO2/c1-20-15-9-11-7-8-19-17(13(11)10-16(15)21-2)12-5-3-4-6-14(12)18/h3-6,9-10,17,19H,7-8H2,1-2H3/t17-/m0/s1. The molecular weight excluding hydrogens is 286 g/mol. The summed E-state index contributed by atoms with van der Waals surface area (Å²) in [6, 6.07) is 12.1. The van der Waals surface area contributed by atoms with Crippen molar-refractivity contribution in [3.05, 3.63) is 58.1 Å². The lowest BCUT2D eigenvalue weighted by molar-refractivity contribution is 0.353. The van der Waals surface area contributed by atoms with Crippen molar-refractivity contribution in [3.8, 4) is 11.5 Å². The highest BCUT2D eigenvalue weighted by atomic mass is 35.5. The van der Waals surface area contributed by atoms with Crippen LogP contribution in [0.1, 0.15) is 22.7 Å². The second kappa shape index (κ2) is 5.96. The van der Waals surface area contributed by atoms with Crippen LogP contribution in [-0.4, -0.2) is 20.8 Å². The third kappa shape index (κ3) is 2.59. The predicted octanol–water partition coefficient (Wildman–Crippen LogP) is 3.59. The molecule has 0 saturated carbocycles. The van der Waals surface area contributed by atoms with Crippen molar-refractivity contribution in [2.24, 2.45) is 0 Å². The molecule has 0 saturated heterocycles. The summed E-state index contributed by atoms with van der Waals surface area (Å²) >= 11 is 6.36. The number of nitrogens with one attached hydrogen (secondary N) is 1. The molecular formula is C17H18ClNO2. The van der Waals surface area contributed by atoms with E-state index in [-0.39, 0.29) is 6.04 Å². The second-order valence-corrected chi connectivity index (χ2v) is 5.47. The van der Waals surface area contributed by atoms with Gasteiger partial charge in [-0.2, -0.15) is 0 Å². The summed E-state index contributed by atoms with van der Waals surface area (Å²) in [6.07, 6.45) is 0.969. The molecule has 1 N–H and O–H groups in total. The van der Waals surface area contributed by atoms with Gasteiger partial charge in [-0.25, -0.2) is 0 Å². The molecule has 4 heteroatoms. The molecule has 2 aromatic rings. The summed E-state index contributed by atoms with van der Waals surface area (Å²) in [6.45, 7) is 0.915. The highest BCUT2D eigenvalue weighted by Gasteiger charge is 2.25. The minimum atomic E-state index is 0.0854. The van der Waals surface area contributed by atoms with E-state index in [1.165, 1.54) is 11.1 Å². The van der Waals surface area contributed by atoms with E-state index in [0.717, 1.165) is 35.1 Å². The molecule has 1 aliphatic rings. The van der Waals surface area contributed by atoms with Gasteiger partial charge >= 0.3 is 0 Å². The maximum Gasteiger partial charge on any atom is 0.161 e. The maximum atomic E-state index is 6.36. The molecule has 3 nitrogen and oxygen atoms in total. The fourth-order valence-corrected chi connectivity index (χ4v) is 3.11. The fraction of sp³-hybridized carbons (Fsp3) is 0.294. The van der Waals surface area contributed by atoms with Crippen LogP contribution in [0, 0.1) is 0 Å². The molecule has 0 radical (unpaired) electrons. The van der Waals surface area contributed by atoms with Crippen LogP contribution in [0.5, 0.6) is 11.5 Å². The van der Waals surface area contributed by atoms with Gasteiger partial charge in [0, 0.05) is 11.6 Å². The number of ether oxygens (including phenoxy) is 2. The first-order chi connectivity index (χ1) is 10.2. The number of rotatable bonds is 3. The average molecular weight is 304 g/mol. The van der Waals surface area contributed by atoms with Crippen molar-refractivity contribution < 1.29 is 9.47 Å².